The molecule has 1 fully saturated rings. The standard InChI is InChI=1S/C23H19ClN2O4/c1-3-5-16-13-15(6-11-20(16)30-12-4-2)14-19-21(27)25-23(29)26(22(19)28)18-9-7-17(24)8-10-18/h3-4,6-11,13-14H,1-2,5,12H2,(H,25,27,29)/b19-14+. The minimum Gasteiger partial charge on any atom is -0.489 e. The van der Waals surface area contributed by atoms with Gasteiger partial charge in [0.2, 0.25) is 0 Å². The molecule has 152 valence electrons. The molecule has 2 aromatic rings. The quantitative estimate of drug-likeness (QED) is 0.410. The summed E-state index contributed by atoms with van der Waals surface area (Å²) in [6.45, 7) is 7.72. The van der Waals surface area contributed by atoms with Crippen molar-refractivity contribution in [2.24, 2.45) is 0 Å². The maximum Gasteiger partial charge on any atom is 0.335 e. The lowest BCUT2D eigenvalue weighted by atomic mass is 10.0. The third-order valence-electron chi connectivity index (χ3n) is 4.30. The summed E-state index contributed by atoms with van der Waals surface area (Å²) in [5.74, 6) is -0.815. The molecule has 0 atom stereocenters. The SMILES string of the molecule is C=CCOc1ccc(/C=C2\C(=O)NC(=O)N(c3ccc(Cl)cc3)C2=O)cc1CC=C. The molecule has 0 aliphatic carbocycles. The predicted octanol–water partition coefficient (Wildman–Crippen LogP) is 4.30. The Morgan fingerprint density at radius 2 is 1.77 bits per heavy atom. The van der Waals surface area contributed by atoms with E-state index in [1.165, 1.54) is 18.2 Å². The maximum atomic E-state index is 12.9. The number of benzene rings is 2. The molecule has 1 N–H and O–H groups in total. The van der Waals surface area contributed by atoms with Crippen LogP contribution >= 0.6 is 11.6 Å². The van der Waals surface area contributed by atoms with Gasteiger partial charge in [-0.1, -0.05) is 36.4 Å². The fourth-order valence-electron chi connectivity index (χ4n) is 2.94. The first kappa shape index (κ1) is 21.1. The van der Waals surface area contributed by atoms with Gasteiger partial charge in [0, 0.05) is 5.02 Å². The predicted molar refractivity (Wildman–Crippen MR) is 116 cm³/mol. The third-order valence-corrected chi connectivity index (χ3v) is 4.55. The monoisotopic (exact) mass is 422 g/mol. The minimum absolute atomic E-state index is 0.158. The lowest BCUT2D eigenvalue weighted by Gasteiger charge is -2.26. The fourth-order valence-corrected chi connectivity index (χ4v) is 3.07. The highest BCUT2D eigenvalue weighted by molar-refractivity contribution is 6.39. The van der Waals surface area contributed by atoms with Crippen LogP contribution in [0.1, 0.15) is 11.1 Å². The molecule has 0 saturated carbocycles. The van der Waals surface area contributed by atoms with E-state index in [4.69, 9.17) is 16.3 Å². The summed E-state index contributed by atoms with van der Waals surface area (Å²) >= 11 is 5.88. The molecule has 3 rings (SSSR count). The molecule has 6 nitrogen and oxygen atoms in total. The number of hydrogen-bond acceptors (Lipinski definition) is 4. The van der Waals surface area contributed by atoms with Crippen LogP contribution in [0, 0.1) is 0 Å². The number of amides is 4. The average Bonchev–Trinajstić information content (AvgIpc) is 2.72. The van der Waals surface area contributed by atoms with Gasteiger partial charge in [-0.05, 0) is 60.0 Å². The van der Waals surface area contributed by atoms with Crippen molar-refractivity contribution >= 4 is 41.2 Å². The fraction of sp³-hybridized carbons (Fsp3) is 0.0870. The molecule has 0 spiro atoms. The number of imide groups is 2. The number of carbonyl (C=O) groups is 3. The van der Waals surface area contributed by atoms with Gasteiger partial charge in [-0.15, -0.1) is 6.58 Å². The van der Waals surface area contributed by atoms with Gasteiger partial charge in [-0.3, -0.25) is 14.9 Å². The van der Waals surface area contributed by atoms with Crippen molar-refractivity contribution < 1.29 is 19.1 Å². The van der Waals surface area contributed by atoms with Gasteiger partial charge in [-0.25, -0.2) is 9.69 Å². The molecule has 0 unspecified atom stereocenters. The van der Waals surface area contributed by atoms with Gasteiger partial charge in [0.1, 0.15) is 17.9 Å². The number of carbonyl (C=O) groups excluding carboxylic acids is 3. The Kier molecular flexibility index (Phi) is 6.49. The van der Waals surface area contributed by atoms with Crippen LogP contribution in [0.2, 0.25) is 5.02 Å². The first-order valence-electron chi connectivity index (χ1n) is 9.09. The highest BCUT2D eigenvalue weighted by Crippen LogP contribution is 2.26. The van der Waals surface area contributed by atoms with Crippen molar-refractivity contribution in [2.45, 2.75) is 6.42 Å². The number of allylic oxidation sites excluding steroid dienone is 1. The molecule has 0 radical (unpaired) electrons. The molecule has 1 heterocycles. The zero-order valence-corrected chi connectivity index (χ0v) is 16.8. The normalized spacial score (nSPS) is 15.2. The van der Waals surface area contributed by atoms with E-state index in [0.717, 1.165) is 10.5 Å². The highest BCUT2D eigenvalue weighted by Gasteiger charge is 2.36. The number of hydrogen-bond donors (Lipinski definition) is 1. The molecular weight excluding hydrogens is 404 g/mol. The molecule has 4 amide bonds. The van der Waals surface area contributed by atoms with Crippen molar-refractivity contribution in [3.05, 3.63) is 89.5 Å². The Hall–Kier alpha value is -3.64. The van der Waals surface area contributed by atoms with Gasteiger partial charge >= 0.3 is 6.03 Å². The van der Waals surface area contributed by atoms with Crippen LogP contribution < -0.4 is 15.0 Å². The summed E-state index contributed by atoms with van der Waals surface area (Å²) in [5, 5.41) is 2.66. The van der Waals surface area contributed by atoms with Gasteiger partial charge in [-0.2, -0.15) is 0 Å². The second kappa shape index (κ2) is 9.24. The number of halogens is 1. The van der Waals surface area contributed by atoms with Crippen LogP contribution in [0.4, 0.5) is 10.5 Å². The van der Waals surface area contributed by atoms with E-state index < -0.39 is 17.8 Å². The van der Waals surface area contributed by atoms with Crippen LogP contribution in [-0.4, -0.2) is 24.5 Å². The number of nitrogens with one attached hydrogen (secondary N) is 1. The molecule has 7 heteroatoms. The Morgan fingerprint density at radius 1 is 1.03 bits per heavy atom. The Morgan fingerprint density at radius 3 is 2.43 bits per heavy atom. The molecule has 1 aliphatic heterocycles. The van der Waals surface area contributed by atoms with Crippen LogP contribution in [0.3, 0.4) is 0 Å². The number of urea groups is 1. The molecule has 30 heavy (non-hydrogen) atoms. The number of anilines is 1. The molecule has 1 aliphatic rings. The highest BCUT2D eigenvalue weighted by atomic mass is 35.5. The number of barbiturate groups is 1. The summed E-state index contributed by atoms with van der Waals surface area (Å²) in [6.07, 6.45) is 5.35. The number of ether oxygens (including phenoxy) is 1. The third kappa shape index (κ3) is 4.50. The van der Waals surface area contributed by atoms with E-state index in [2.05, 4.69) is 18.5 Å². The van der Waals surface area contributed by atoms with E-state index in [-0.39, 0.29) is 5.57 Å². The summed E-state index contributed by atoms with van der Waals surface area (Å²) in [5.41, 5.74) is 1.60. The minimum atomic E-state index is -0.815. The second-order valence-electron chi connectivity index (χ2n) is 6.39. The zero-order chi connectivity index (χ0) is 21.7. The van der Waals surface area contributed by atoms with E-state index >= 15 is 0 Å². The van der Waals surface area contributed by atoms with Crippen molar-refractivity contribution in [2.75, 3.05) is 11.5 Å². The lowest BCUT2D eigenvalue weighted by Crippen LogP contribution is -2.54. The Labute approximate surface area is 179 Å². The molecule has 2 aromatic carbocycles. The summed E-state index contributed by atoms with van der Waals surface area (Å²) in [4.78, 5) is 38.5. The number of nitrogens with zero attached hydrogens (tertiary/aromatic N) is 1. The Balaban J connectivity index is 1.97. The Bertz CT molecular complexity index is 1060. The van der Waals surface area contributed by atoms with Crippen LogP contribution in [-0.2, 0) is 16.0 Å². The van der Waals surface area contributed by atoms with E-state index in [0.29, 0.717) is 35.1 Å². The largest absolute Gasteiger partial charge is 0.489 e. The topological polar surface area (TPSA) is 75.7 Å². The van der Waals surface area contributed by atoms with Gasteiger partial charge in [0.15, 0.2) is 0 Å². The second-order valence-corrected chi connectivity index (χ2v) is 6.83. The van der Waals surface area contributed by atoms with E-state index in [1.807, 2.05) is 0 Å². The van der Waals surface area contributed by atoms with Crippen molar-refractivity contribution in [3.63, 3.8) is 0 Å². The summed E-state index contributed by atoms with van der Waals surface area (Å²) in [6, 6.07) is 10.6. The van der Waals surface area contributed by atoms with E-state index in [9.17, 15) is 14.4 Å². The maximum absolute atomic E-state index is 12.9. The van der Waals surface area contributed by atoms with Gasteiger partial charge < -0.3 is 4.74 Å². The number of rotatable bonds is 7. The molecule has 0 aromatic heterocycles. The molecule has 1 saturated heterocycles. The molecular formula is C23H19ClN2O4. The van der Waals surface area contributed by atoms with Crippen LogP contribution in [0.5, 0.6) is 5.75 Å². The summed E-state index contributed by atoms with van der Waals surface area (Å²) in [7, 11) is 0. The smallest absolute Gasteiger partial charge is 0.335 e. The first-order valence-corrected chi connectivity index (χ1v) is 9.47. The van der Waals surface area contributed by atoms with Crippen LogP contribution in [0.25, 0.3) is 6.08 Å². The van der Waals surface area contributed by atoms with Gasteiger partial charge in [0.25, 0.3) is 11.8 Å². The average molecular weight is 423 g/mol. The van der Waals surface area contributed by atoms with Crippen LogP contribution in [0.15, 0.2) is 73.3 Å². The first-order chi connectivity index (χ1) is 14.4. The van der Waals surface area contributed by atoms with E-state index in [1.54, 1.807) is 42.5 Å². The zero-order valence-electron chi connectivity index (χ0n) is 16.1. The van der Waals surface area contributed by atoms with Crippen molar-refractivity contribution in [1.82, 2.24) is 5.32 Å². The summed E-state index contributed by atoms with van der Waals surface area (Å²) < 4.78 is 5.63. The van der Waals surface area contributed by atoms with Gasteiger partial charge in [0.05, 0.1) is 5.69 Å². The van der Waals surface area contributed by atoms with Crippen molar-refractivity contribution in [1.29, 1.82) is 0 Å². The molecule has 0 bridgehead atoms. The van der Waals surface area contributed by atoms with Crippen molar-refractivity contribution in [3.8, 4) is 5.75 Å². The lowest BCUT2D eigenvalue weighted by molar-refractivity contribution is -0.122.